The average molecular weight is 434 g/mol. The van der Waals surface area contributed by atoms with Gasteiger partial charge in [-0.3, -0.25) is 9.59 Å². The van der Waals surface area contributed by atoms with Crippen LogP contribution in [0, 0.1) is 0 Å². The first-order valence-corrected chi connectivity index (χ1v) is 10.6. The lowest BCUT2D eigenvalue weighted by molar-refractivity contribution is 0.0954. The van der Waals surface area contributed by atoms with Gasteiger partial charge in [-0.15, -0.1) is 0 Å². The number of carbonyl (C=O) groups excluding carboxylic acids is 2. The quantitative estimate of drug-likeness (QED) is 0.300. The first-order chi connectivity index (χ1) is 16.1. The van der Waals surface area contributed by atoms with E-state index in [1.807, 2.05) is 67.6 Å². The number of carbonyl (C=O) groups is 2. The Kier molecular flexibility index (Phi) is 6.71. The smallest absolute Gasteiger partial charge is 0.271 e. The van der Waals surface area contributed by atoms with Gasteiger partial charge in [-0.25, -0.2) is 5.43 Å². The maximum absolute atomic E-state index is 12.5. The van der Waals surface area contributed by atoms with Gasteiger partial charge in [0.05, 0.1) is 5.71 Å². The third kappa shape index (κ3) is 5.60. The van der Waals surface area contributed by atoms with Crippen LogP contribution in [0.25, 0.3) is 11.1 Å². The normalized spacial score (nSPS) is 11.0. The monoisotopic (exact) mass is 433 g/mol. The van der Waals surface area contributed by atoms with Crippen LogP contribution in [0.3, 0.4) is 0 Å². The predicted octanol–water partition coefficient (Wildman–Crippen LogP) is 5.76. The number of amides is 2. The molecule has 33 heavy (non-hydrogen) atoms. The molecule has 4 aromatic carbocycles. The Labute approximate surface area is 192 Å². The zero-order valence-electron chi connectivity index (χ0n) is 18.2. The molecule has 0 bridgehead atoms. The van der Waals surface area contributed by atoms with Crippen LogP contribution >= 0.6 is 0 Å². The second-order valence-corrected chi connectivity index (χ2v) is 7.48. The zero-order valence-corrected chi connectivity index (χ0v) is 18.2. The maximum Gasteiger partial charge on any atom is 0.271 e. The molecule has 0 aliphatic rings. The molecular weight excluding hydrogens is 410 g/mol. The van der Waals surface area contributed by atoms with Gasteiger partial charge in [-0.1, -0.05) is 72.8 Å². The van der Waals surface area contributed by atoms with Crippen molar-refractivity contribution < 1.29 is 9.59 Å². The van der Waals surface area contributed by atoms with Crippen LogP contribution in [0.4, 0.5) is 5.69 Å². The van der Waals surface area contributed by atoms with Crippen molar-refractivity contribution in [1.82, 2.24) is 5.43 Å². The SMILES string of the molecule is CC(=NNC(=O)c1ccc(NC(=O)c2ccccc2)cc1)c1ccc(-c2ccccc2)cc1. The Bertz CT molecular complexity index is 1260. The van der Waals surface area contributed by atoms with Gasteiger partial charge >= 0.3 is 0 Å². The maximum atomic E-state index is 12.5. The topological polar surface area (TPSA) is 70.6 Å². The fourth-order valence-electron chi connectivity index (χ4n) is 3.30. The summed E-state index contributed by atoms with van der Waals surface area (Å²) in [6.45, 7) is 1.85. The van der Waals surface area contributed by atoms with Crippen LogP contribution in [0.15, 0.2) is 114 Å². The number of hydrogen-bond acceptors (Lipinski definition) is 3. The van der Waals surface area contributed by atoms with Crippen LogP contribution < -0.4 is 10.7 Å². The molecule has 0 heterocycles. The van der Waals surface area contributed by atoms with Crippen molar-refractivity contribution in [3.8, 4) is 11.1 Å². The number of hydrazone groups is 1. The number of nitrogens with one attached hydrogen (secondary N) is 2. The van der Waals surface area contributed by atoms with E-state index in [0.717, 1.165) is 16.7 Å². The third-order valence-corrected chi connectivity index (χ3v) is 5.18. The summed E-state index contributed by atoms with van der Waals surface area (Å²) in [7, 11) is 0. The van der Waals surface area contributed by atoms with E-state index in [1.165, 1.54) is 0 Å². The summed E-state index contributed by atoms with van der Waals surface area (Å²) < 4.78 is 0. The number of benzene rings is 4. The van der Waals surface area contributed by atoms with E-state index >= 15 is 0 Å². The van der Waals surface area contributed by atoms with Gasteiger partial charge < -0.3 is 5.32 Å². The van der Waals surface area contributed by atoms with Gasteiger partial charge in [-0.2, -0.15) is 5.10 Å². The predicted molar refractivity (Wildman–Crippen MR) is 132 cm³/mol. The minimum absolute atomic E-state index is 0.202. The summed E-state index contributed by atoms with van der Waals surface area (Å²) in [6.07, 6.45) is 0. The van der Waals surface area contributed by atoms with Crippen molar-refractivity contribution in [1.29, 1.82) is 0 Å². The van der Waals surface area contributed by atoms with Crippen molar-refractivity contribution in [2.24, 2.45) is 5.10 Å². The van der Waals surface area contributed by atoms with E-state index < -0.39 is 0 Å². The summed E-state index contributed by atoms with van der Waals surface area (Å²) in [5.74, 6) is -0.525. The largest absolute Gasteiger partial charge is 0.322 e. The molecule has 0 radical (unpaired) electrons. The van der Waals surface area contributed by atoms with Gasteiger partial charge in [0.25, 0.3) is 11.8 Å². The molecule has 162 valence electrons. The molecule has 2 amide bonds. The second kappa shape index (κ2) is 10.2. The molecule has 0 aliphatic heterocycles. The number of hydrogen-bond donors (Lipinski definition) is 2. The van der Waals surface area contributed by atoms with Gasteiger partial charge in [-0.05, 0) is 60.0 Å². The lowest BCUT2D eigenvalue weighted by Crippen LogP contribution is -2.19. The Morgan fingerprint density at radius 3 is 1.73 bits per heavy atom. The second-order valence-electron chi connectivity index (χ2n) is 7.48. The van der Waals surface area contributed by atoms with E-state index in [-0.39, 0.29) is 11.8 Å². The van der Waals surface area contributed by atoms with E-state index in [0.29, 0.717) is 22.5 Å². The molecule has 4 aromatic rings. The van der Waals surface area contributed by atoms with Crippen LogP contribution in [0.1, 0.15) is 33.2 Å². The Hall–Kier alpha value is -4.51. The molecule has 0 saturated heterocycles. The lowest BCUT2D eigenvalue weighted by Gasteiger charge is -2.07. The molecule has 0 atom stereocenters. The molecule has 0 fully saturated rings. The summed E-state index contributed by atoms with van der Waals surface area (Å²) in [5.41, 5.74) is 8.12. The van der Waals surface area contributed by atoms with E-state index in [4.69, 9.17) is 0 Å². The first kappa shape index (κ1) is 21.7. The molecule has 5 nitrogen and oxygen atoms in total. The molecule has 2 N–H and O–H groups in total. The van der Waals surface area contributed by atoms with Crippen LogP contribution in [0.5, 0.6) is 0 Å². The van der Waals surface area contributed by atoms with Crippen LogP contribution in [0.2, 0.25) is 0 Å². The molecule has 0 aliphatic carbocycles. The van der Waals surface area contributed by atoms with Crippen LogP contribution in [-0.4, -0.2) is 17.5 Å². The number of rotatable bonds is 6. The van der Waals surface area contributed by atoms with E-state index in [1.54, 1.807) is 36.4 Å². The molecule has 4 rings (SSSR count). The lowest BCUT2D eigenvalue weighted by atomic mass is 10.0. The van der Waals surface area contributed by atoms with Crippen molar-refractivity contribution >= 4 is 23.2 Å². The number of anilines is 1. The molecular formula is C28H23N3O2. The van der Waals surface area contributed by atoms with Gasteiger partial charge in [0.15, 0.2) is 0 Å². The Morgan fingerprint density at radius 2 is 1.09 bits per heavy atom. The highest BCUT2D eigenvalue weighted by molar-refractivity contribution is 6.04. The molecule has 0 saturated carbocycles. The molecule has 0 aromatic heterocycles. The Morgan fingerprint density at radius 1 is 0.576 bits per heavy atom. The summed E-state index contributed by atoms with van der Waals surface area (Å²) in [4.78, 5) is 24.7. The van der Waals surface area contributed by atoms with E-state index in [2.05, 4.69) is 28.0 Å². The standard InChI is InChI=1S/C28H23N3O2/c1-20(21-12-14-23(15-13-21)22-8-4-2-5-9-22)30-31-28(33)25-16-18-26(19-17-25)29-27(32)24-10-6-3-7-11-24/h2-19H,1H3,(H,29,32)(H,31,33). The minimum atomic E-state index is -0.323. The zero-order chi connectivity index (χ0) is 23.0. The van der Waals surface area contributed by atoms with E-state index in [9.17, 15) is 9.59 Å². The highest BCUT2D eigenvalue weighted by atomic mass is 16.2. The average Bonchev–Trinajstić information content (AvgIpc) is 2.88. The van der Waals surface area contributed by atoms with Gasteiger partial charge in [0, 0.05) is 16.8 Å². The molecule has 5 heteroatoms. The first-order valence-electron chi connectivity index (χ1n) is 10.6. The fraction of sp³-hybridized carbons (Fsp3) is 0.0357. The van der Waals surface area contributed by atoms with Gasteiger partial charge in [0.2, 0.25) is 0 Å². The molecule has 0 spiro atoms. The van der Waals surface area contributed by atoms with Gasteiger partial charge in [0.1, 0.15) is 0 Å². The highest BCUT2D eigenvalue weighted by Crippen LogP contribution is 2.19. The summed E-state index contributed by atoms with van der Waals surface area (Å²) in [6, 6.07) is 33.8. The summed E-state index contributed by atoms with van der Waals surface area (Å²) in [5, 5.41) is 7.05. The minimum Gasteiger partial charge on any atom is -0.322 e. The fourth-order valence-corrected chi connectivity index (χ4v) is 3.30. The van der Waals surface area contributed by atoms with Crippen molar-refractivity contribution in [3.63, 3.8) is 0 Å². The van der Waals surface area contributed by atoms with Crippen molar-refractivity contribution in [2.45, 2.75) is 6.92 Å². The van der Waals surface area contributed by atoms with Crippen molar-refractivity contribution in [3.05, 3.63) is 126 Å². The third-order valence-electron chi connectivity index (χ3n) is 5.18. The Balaban J connectivity index is 1.36. The van der Waals surface area contributed by atoms with Crippen molar-refractivity contribution in [2.75, 3.05) is 5.32 Å². The summed E-state index contributed by atoms with van der Waals surface area (Å²) >= 11 is 0. The number of nitrogens with zero attached hydrogens (tertiary/aromatic N) is 1. The molecule has 0 unspecified atom stereocenters. The van der Waals surface area contributed by atoms with Crippen LogP contribution in [-0.2, 0) is 0 Å². The highest BCUT2D eigenvalue weighted by Gasteiger charge is 2.08.